The Kier molecular flexibility index (Phi) is 7.15. The quantitative estimate of drug-likeness (QED) is 0.790. The zero-order valence-electron chi connectivity index (χ0n) is 14.5. The van der Waals surface area contributed by atoms with Gasteiger partial charge in [0.15, 0.2) is 0 Å². The molecule has 1 aromatic carbocycles. The number of benzene rings is 1. The van der Waals surface area contributed by atoms with Crippen LogP contribution in [-0.4, -0.2) is 67.1 Å². The molecule has 6 heteroatoms. The maximum Gasteiger partial charge on any atom is 0.223 e. The number of nitrogens with zero attached hydrogens (tertiary/aromatic N) is 2. The van der Waals surface area contributed by atoms with E-state index in [1.54, 1.807) is 6.07 Å². The highest BCUT2D eigenvalue weighted by Gasteiger charge is 2.20. The zero-order chi connectivity index (χ0) is 17.5. The molecule has 1 aliphatic heterocycles. The first-order valence-corrected chi connectivity index (χ1v) is 8.54. The maximum absolute atomic E-state index is 13.1. The van der Waals surface area contributed by atoms with Crippen LogP contribution >= 0.6 is 0 Å². The Balaban J connectivity index is 1.65. The first kappa shape index (κ1) is 18.8. The SMILES string of the molecule is CN(C)C1CCN(CCNC(=O)CC(O)c2cccc(F)c2)CC1. The van der Waals surface area contributed by atoms with Gasteiger partial charge in [-0.1, -0.05) is 12.1 Å². The Morgan fingerprint density at radius 1 is 1.42 bits per heavy atom. The number of carbonyl (C=O) groups is 1. The number of amides is 1. The van der Waals surface area contributed by atoms with Crippen molar-refractivity contribution < 1.29 is 14.3 Å². The van der Waals surface area contributed by atoms with Crippen LogP contribution in [0.4, 0.5) is 4.39 Å². The lowest BCUT2D eigenvalue weighted by molar-refractivity contribution is -0.123. The van der Waals surface area contributed by atoms with Gasteiger partial charge < -0.3 is 20.2 Å². The van der Waals surface area contributed by atoms with Gasteiger partial charge in [0.25, 0.3) is 0 Å². The van der Waals surface area contributed by atoms with Crippen molar-refractivity contribution in [1.29, 1.82) is 0 Å². The second kappa shape index (κ2) is 9.11. The highest BCUT2D eigenvalue weighted by molar-refractivity contribution is 5.76. The van der Waals surface area contributed by atoms with Crippen LogP contribution in [0.1, 0.15) is 30.9 Å². The highest BCUT2D eigenvalue weighted by Crippen LogP contribution is 2.17. The van der Waals surface area contributed by atoms with E-state index in [0.717, 1.165) is 32.5 Å². The van der Waals surface area contributed by atoms with Crippen LogP contribution in [0.25, 0.3) is 0 Å². The van der Waals surface area contributed by atoms with Crippen LogP contribution in [0.2, 0.25) is 0 Å². The fraction of sp³-hybridized carbons (Fsp3) is 0.611. The van der Waals surface area contributed by atoms with E-state index in [0.29, 0.717) is 18.2 Å². The summed E-state index contributed by atoms with van der Waals surface area (Å²) in [6, 6.07) is 6.37. The normalized spacial score (nSPS) is 17.9. The first-order valence-electron chi connectivity index (χ1n) is 8.54. The largest absolute Gasteiger partial charge is 0.388 e. The van der Waals surface area contributed by atoms with Gasteiger partial charge in [0, 0.05) is 19.1 Å². The van der Waals surface area contributed by atoms with Crippen molar-refractivity contribution in [1.82, 2.24) is 15.1 Å². The first-order chi connectivity index (χ1) is 11.5. The lowest BCUT2D eigenvalue weighted by Crippen LogP contribution is -2.44. The summed E-state index contributed by atoms with van der Waals surface area (Å²) in [4.78, 5) is 16.5. The minimum atomic E-state index is -0.975. The Morgan fingerprint density at radius 2 is 2.12 bits per heavy atom. The average Bonchev–Trinajstić information content (AvgIpc) is 2.55. The summed E-state index contributed by atoms with van der Waals surface area (Å²) < 4.78 is 13.1. The molecule has 134 valence electrons. The minimum absolute atomic E-state index is 0.0494. The molecular formula is C18H28FN3O2. The van der Waals surface area contributed by atoms with Gasteiger partial charge in [0.1, 0.15) is 5.82 Å². The van der Waals surface area contributed by atoms with Crippen LogP contribution in [-0.2, 0) is 4.79 Å². The number of carbonyl (C=O) groups excluding carboxylic acids is 1. The van der Waals surface area contributed by atoms with Crippen molar-refractivity contribution >= 4 is 5.91 Å². The van der Waals surface area contributed by atoms with E-state index in [9.17, 15) is 14.3 Å². The lowest BCUT2D eigenvalue weighted by Gasteiger charge is -2.35. The second-order valence-corrected chi connectivity index (χ2v) is 6.66. The van der Waals surface area contributed by atoms with Gasteiger partial charge in [-0.2, -0.15) is 0 Å². The molecule has 1 amide bonds. The van der Waals surface area contributed by atoms with Crippen molar-refractivity contribution in [2.24, 2.45) is 0 Å². The predicted octanol–water partition coefficient (Wildman–Crippen LogP) is 1.39. The molecule has 1 atom stereocenters. The molecule has 24 heavy (non-hydrogen) atoms. The van der Waals surface area contributed by atoms with Gasteiger partial charge >= 0.3 is 0 Å². The third-order valence-corrected chi connectivity index (χ3v) is 4.65. The van der Waals surface area contributed by atoms with E-state index in [2.05, 4.69) is 29.2 Å². The Hall–Kier alpha value is -1.50. The molecule has 2 N–H and O–H groups in total. The number of aliphatic hydroxyl groups excluding tert-OH is 1. The molecule has 0 spiro atoms. The molecule has 0 bridgehead atoms. The van der Waals surface area contributed by atoms with Crippen LogP contribution in [0, 0.1) is 5.82 Å². The van der Waals surface area contributed by atoms with Crippen molar-refractivity contribution in [2.75, 3.05) is 40.3 Å². The number of aliphatic hydroxyl groups is 1. The lowest BCUT2D eigenvalue weighted by atomic mass is 10.0. The monoisotopic (exact) mass is 337 g/mol. The highest BCUT2D eigenvalue weighted by atomic mass is 19.1. The molecule has 1 aromatic rings. The van der Waals surface area contributed by atoms with E-state index in [4.69, 9.17) is 0 Å². The molecule has 0 radical (unpaired) electrons. The fourth-order valence-corrected chi connectivity index (χ4v) is 3.09. The molecule has 0 aliphatic carbocycles. The summed E-state index contributed by atoms with van der Waals surface area (Å²) in [5.74, 6) is -0.622. The fourth-order valence-electron chi connectivity index (χ4n) is 3.09. The number of piperidine rings is 1. The number of halogens is 1. The van der Waals surface area contributed by atoms with Gasteiger partial charge in [-0.3, -0.25) is 4.79 Å². The van der Waals surface area contributed by atoms with E-state index in [1.807, 2.05) is 0 Å². The molecular weight excluding hydrogens is 309 g/mol. The maximum atomic E-state index is 13.1. The van der Waals surface area contributed by atoms with Gasteiger partial charge in [-0.05, 0) is 57.7 Å². The molecule has 2 rings (SSSR count). The molecule has 1 heterocycles. The summed E-state index contributed by atoms with van der Waals surface area (Å²) in [7, 11) is 4.23. The average molecular weight is 337 g/mol. The molecule has 1 saturated heterocycles. The Labute approximate surface area is 143 Å². The van der Waals surface area contributed by atoms with Crippen LogP contribution in [0.3, 0.4) is 0 Å². The van der Waals surface area contributed by atoms with Gasteiger partial charge in [-0.15, -0.1) is 0 Å². The third-order valence-electron chi connectivity index (χ3n) is 4.65. The molecule has 1 unspecified atom stereocenters. The van der Waals surface area contributed by atoms with E-state index in [1.165, 1.54) is 18.2 Å². The van der Waals surface area contributed by atoms with E-state index < -0.39 is 11.9 Å². The number of nitrogens with one attached hydrogen (secondary N) is 1. The molecule has 1 aliphatic rings. The molecule has 1 fully saturated rings. The van der Waals surface area contributed by atoms with Crippen LogP contribution < -0.4 is 5.32 Å². The van der Waals surface area contributed by atoms with Crippen molar-refractivity contribution in [3.8, 4) is 0 Å². The Bertz CT molecular complexity index is 531. The van der Waals surface area contributed by atoms with Gasteiger partial charge in [0.2, 0.25) is 5.91 Å². The Morgan fingerprint density at radius 3 is 2.75 bits per heavy atom. The third kappa shape index (κ3) is 5.85. The minimum Gasteiger partial charge on any atom is -0.388 e. The van der Waals surface area contributed by atoms with Gasteiger partial charge in [0.05, 0.1) is 12.5 Å². The summed E-state index contributed by atoms with van der Waals surface area (Å²) in [6.07, 6.45) is 1.28. The van der Waals surface area contributed by atoms with Crippen molar-refractivity contribution in [3.05, 3.63) is 35.6 Å². The van der Waals surface area contributed by atoms with Crippen LogP contribution in [0.15, 0.2) is 24.3 Å². The zero-order valence-corrected chi connectivity index (χ0v) is 14.5. The standard InChI is InChI=1S/C18H28FN3O2/c1-21(2)16-6-9-22(10-7-16)11-8-20-18(24)13-17(23)14-4-3-5-15(19)12-14/h3-5,12,16-17,23H,6-11,13H2,1-2H3,(H,20,24). The summed E-state index contributed by atoms with van der Waals surface area (Å²) in [5.41, 5.74) is 0.427. The summed E-state index contributed by atoms with van der Waals surface area (Å²) in [5, 5.41) is 12.8. The van der Waals surface area contributed by atoms with E-state index in [-0.39, 0.29) is 12.3 Å². The molecule has 0 saturated carbocycles. The molecule has 0 aromatic heterocycles. The number of hydrogen-bond acceptors (Lipinski definition) is 4. The topological polar surface area (TPSA) is 55.8 Å². The smallest absolute Gasteiger partial charge is 0.223 e. The summed E-state index contributed by atoms with van der Waals surface area (Å²) >= 11 is 0. The second-order valence-electron chi connectivity index (χ2n) is 6.66. The van der Waals surface area contributed by atoms with E-state index >= 15 is 0 Å². The predicted molar refractivity (Wildman–Crippen MR) is 92.1 cm³/mol. The number of hydrogen-bond donors (Lipinski definition) is 2. The van der Waals surface area contributed by atoms with Crippen LogP contribution in [0.5, 0.6) is 0 Å². The number of rotatable bonds is 7. The summed E-state index contributed by atoms with van der Waals surface area (Å²) in [6.45, 7) is 3.48. The number of likely N-dealkylation sites (tertiary alicyclic amines) is 1. The van der Waals surface area contributed by atoms with Gasteiger partial charge in [-0.25, -0.2) is 4.39 Å². The van der Waals surface area contributed by atoms with Crippen molar-refractivity contribution in [3.63, 3.8) is 0 Å². The van der Waals surface area contributed by atoms with Crippen molar-refractivity contribution in [2.45, 2.75) is 31.4 Å². The molecule has 5 nitrogen and oxygen atoms in total.